The minimum Gasteiger partial charge on any atom is -0.384 e. The molecule has 0 bridgehead atoms. The van der Waals surface area contributed by atoms with Gasteiger partial charge in [-0.3, -0.25) is 5.41 Å². The molecule has 2 rings (SSSR count). The third-order valence-electron chi connectivity index (χ3n) is 3.65. The highest BCUT2D eigenvalue weighted by Gasteiger charge is 2.21. The van der Waals surface area contributed by atoms with Gasteiger partial charge in [-0.2, -0.15) is 0 Å². The Morgan fingerprint density at radius 2 is 2.17 bits per heavy atom. The number of nitrogens with one attached hydrogen (secondary N) is 1. The van der Waals surface area contributed by atoms with Crippen molar-refractivity contribution >= 4 is 11.7 Å². The second-order valence-corrected chi connectivity index (χ2v) is 4.96. The van der Waals surface area contributed by atoms with E-state index in [-0.39, 0.29) is 5.84 Å². The number of anilines is 1. The first-order valence-electron chi connectivity index (χ1n) is 6.30. The van der Waals surface area contributed by atoms with Crippen molar-refractivity contribution in [2.45, 2.75) is 18.9 Å². The molecule has 5 nitrogen and oxygen atoms in total. The zero-order valence-corrected chi connectivity index (χ0v) is 11.1. The zero-order valence-electron chi connectivity index (χ0n) is 11.1. The van der Waals surface area contributed by atoms with Gasteiger partial charge in [0, 0.05) is 24.8 Å². The molecule has 0 aliphatic carbocycles. The number of amidine groups is 1. The lowest BCUT2D eigenvalue weighted by Crippen LogP contribution is -2.42. The summed E-state index contributed by atoms with van der Waals surface area (Å²) in [7, 11) is 4.23. The molecule has 1 aromatic heterocycles. The highest BCUT2D eigenvalue weighted by Crippen LogP contribution is 2.20. The SMILES string of the molecule is CN1CCC(N(C)c2cc(C(=N)N)ccn2)CC1. The number of hydrogen-bond donors (Lipinski definition) is 2. The maximum Gasteiger partial charge on any atom is 0.129 e. The summed E-state index contributed by atoms with van der Waals surface area (Å²) >= 11 is 0. The Morgan fingerprint density at radius 1 is 1.50 bits per heavy atom. The summed E-state index contributed by atoms with van der Waals surface area (Å²) < 4.78 is 0. The van der Waals surface area contributed by atoms with E-state index in [2.05, 4.69) is 28.9 Å². The summed E-state index contributed by atoms with van der Waals surface area (Å²) in [5, 5.41) is 7.47. The van der Waals surface area contributed by atoms with Gasteiger partial charge in [0.25, 0.3) is 0 Å². The maximum absolute atomic E-state index is 7.47. The summed E-state index contributed by atoms with van der Waals surface area (Å²) in [6.07, 6.45) is 4.02. The van der Waals surface area contributed by atoms with E-state index in [0.29, 0.717) is 6.04 Å². The van der Waals surface area contributed by atoms with Gasteiger partial charge in [0.15, 0.2) is 0 Å². The van der Waals surface area contributed by atoms with E-state index in [9.17, 15) is 0 Å². The lowest BCUT2D eigenvalue weighted by Gasteiger charge is -2.35. The Bertz CT molecular complexity index is 423. The molecule has 0 unspecified atom stereocenters. The number of rotatable bonds is 3. The van der Waals surface area contributed by atoms with Crippen LogP contribution in [0, 0.1) is 5.41 Å². The fourth-order valence-electron chi connectivity index (χ4n) is 2.35. The van der Waals surface area contributed by atoms with Gasteiger partial charge in [0.2, 0.25) is 0 Å². The molecule has 0 aromatic carbocycles. The van der Waals surface area contributed by atoms with E-state index in [1.165, 1.54) is 0 Å². The summed E-state index contributed by atoms with van der Waals surface area (Å²) in [5.74, 6) is 0.993. The van der Waals surface area contributed by atoms with Crippen molar-refractivity contribution in [3.8, 4) is 0 Å². The monoisotopic (exact) mass is 247 g/mol. The minimum absolute atomic E-state index is 0.0930. The molecular weight excluding hydrogens is 226 g/mol. The topological polar surface area (TPSA) is 69.2 Å². The molecule has 0 saturated carbocycles. The van der Waals surface area contributed by atoms with E-state index in [1.807, 2.05) is 6.07 Å². The highest BCUT2D eigenvalue weighted by atomic mass is 15.2. The Hall–Kier alpha value is -1.62. The third kappa shape index (κ3) is 2.79. The largest absolute Gasteiger partial charge is 0.384 e. The number of pyridine rings is 1. The Kier molecular flexibility index (Phi) is 3.81. The number of aromatic nitrogens is 1. The first kappa shape index (κ1) is 12.8. The minimum atomic E-state index is 0.0930. The van der Waals surface area contributed by atoms with E-state index in [1.54, 1.807) is 12.3 Å². The van der Waals surface area contributed by atoms with Gasteiger partial charge >= 0.3 is 0 Å². The Labute approximate surface area is 108 Å². The summed E-state index contributed by atoms with van der Waals surface area (Å²) in [4.78, 5) is 8.93. The average molecular weight is 247 g/mol. The molecule has 1 aromatic rings. The lowest BCUT2D eigenvalue weighted by molar-refractivity contribution is 0.252. The highest BCUT2D eigenvalue weighted by molar-refractivity contribution is 5.95. The fraction of sp³-hybridized carbons (Fsp3) is 0.538. The van der Waals surface area contributed by atoms with Gasteiger partial charge in [-0.05, 0) is 45.1 Å². The molecule has 2 heterocycles. The van der Waals surface area contributed by atoms with Gasteiger partial charge in [0.05, 0.1) is 0 Å². The van der Waals surface area contributed by atoms with Crippen LogP contribution in [-0.4, -0.2) is 48.9 Å². The van der Waals surface area contributed by atoms with Crippen LogP contribution in [0.3, 0.4) is 0 Å². The molecule has 0 amide bonds. The van der Waals surface area contributed by atoms with Crippen LogP contribution in [0.1, 0.15) is 18.4 Å². The van der Waals surface area contributed by atoms with Crippen LogP contribution in [0.2, 0.25) is 0 Å². The Balaban J connectivity index is 2.10. The number of hydrogen-bond acceptors (Lipinski definition) is 4. The molecular formula is C13H21N5. The van der Waals surface area contributed by atoms with Gasteiger partial charge < -0.3 is 15.5 Å². The van der Waals surface area contributed by atoms with Gasteiger partial charge in [-0.15, -0.1) is 0 Å². The number of nitrogens with two attached hydrogens (primary N) is 1. The van der Waals surface area contributed by atoms with Gasteiger partial charge in [-0.25, -0.2) is 4.98 Å². The van der Waals surface area contributed by atoms with Gasteiger partial charge in [-0.1, -0.05) is 0 Å². The first-order valence-corrected chi connectivity index (χ1v) is 6.30. The van der Waals surface area contributed by atoms with E-state index in [4.69, 9.17) is 11.1 Å². The van der Waals surface area contributed by atoms with Crippen molar-refractivity contribution in [1.82, 2.24) is 9.88 Å². The van der Waals surface area contributed by atoms with Crippen molar-refractivity contribution < 1.29 is 0 Å². The predicted molar refractivity (Wildman–Crippen MR) is 74.2 cm³/mol. The van der Waals surface area contributed by atoms with Crippen LogP contribution >= 0.6 is 0 Å². The summed E-state index contributed by atoms with van der Waals surface area (Å²) in [6.45, 7) is 2.25. The van der Waals surface area contributed by atoms with Crippen LogP contribution in [0.15, 0.2) is 18.3 Å². The molecule has 1 saturated heterocycles. The normalized spacial score (nSPS) is 17.7. The molecule has 18 heavy (non-hydrogen) atoms. The van der Waals surface area contributed by atoms with Crippen molar-refractivity contribution in [2.24, 2.45) is 5.73 Å². The molecule has 0 spiro atoms. The average Bonchev–Trinajstić information content (AvgIpc) is 2.39. The van der Waals surface area contributed by atoms with Crippen LogP contribution in [0.25, 0.3) is 0 Å². The Morgan fingerprint density at radius 3 is 2.78 bits per heavy atom. The molecule has 0 radical (unpaired) electrons. The second-order valence-electron chi connectivity index (χ2n) is 4.96. The number of nitrogen functional groups attached to an aromatic ring is 1. The standard InChI is InChI=1S/C13H21N5/c1-17-7-4-11(5-8-17)18(2)12-9-10(13(14)15)3-6-16-12/h3,6,9,11H,4-5,7-8H2,1-2H3,(H3,14,15). The van der Waals surface area contributed by atoms with Gasteiger partial charge in [0.1, 0.15) is 11.7 Å². The van der Waals surface area contributed by atoms with Crippen LogP contribution in [-0.2, 0) is 0 Å². The molecule has 1 fully saturated rings. The molecule has 1 aliphatic heterocycles. The summed E-state index contributed by atoms with van der Waals surface area (Å²) in [6, 6.07) is 4.19. The predicted octanol–water partition coefficient (Wildman–Crippen LogP) is 0.896. The molecule has 1 aliphatic rings. The van der Waals surface area contributed by atoms with Crippen LogP contribution in [0.5, 0.6) is 0 Å². The van der Waals surface area contributed by atoms with Crippen molar-refractivity contribution in [1.29, 1.82) is 5.41 Å². The quantitative estimate of drug-likeness (QED) is 0.615. The van der Waals surface area contributed by atoms with E-state index in [0.717, 1.165) is 37.3 Å². The van der Waals surface area contributed by atoms with Crippen molar-refractivity contribution in [3.05, 3.63) is 23.9 Å². The van der Waals surface area contributed by atoms with Crippen molar-refractivity contribution in [2.75, 3.05) is 32.1 Å². The number of nitrogens with zero attached hydrogens (tertiary/aromatic N) is 3. The number of likely N-dealkylation sites (tertiary alicyclic amines) is 1. The lowest BCUT2D eigenvalue weighted by atomic mass is 10.0. The van der Waals surface area contributed by atoms with Crippen LogP contribution in [0.4, 0.5) is 5.82 Å². The number of piperidine rings is 1. The van der Waals surface area contributed by atoms with E-state index < -0.39 is 0 Å². The first-order chi connectivity index (χ1) is 8.58. The molecule has 3 N–H and O–H groups in total. The zero-order chi connectivity index (χ0) is 13.1. The van der Waals surface area contributed by atoms with E-state index >= 15 is 0 Å². The van der Waals surface area contributed by atoms with Crippen LogP contribution < -0.4 is 10.6 Å². The molecule has 98 valence electrons. The van der Waals surface area contributed by atoms with Crippen molar-refractivity contribution in [3.63, 3.8) is 0 Å². The third-order valence-corrected chi connectivity index (χ3v) is 3.65. The smallest absolute Gasteiger partial charge is 0.129 e. The second kappa shape index (κ2) is 5.35. The maximum atomic E-state index is 7.47. The summed E-state index contributed by atoms with van der Waals surface area (Å²) in [5.41, 5.74) is 6.25. The molecule has 5 heteroatoms. The fourth-order valence-corrected chi connectivity index (χ4v) is 2.35. The molecule has 0 atom stereocenters.